The van der Waals surface area contributed by atoms with Gasteiger partial charge in [0.1, 0.15) is 5.82 Å². The van der Waals surface area contributed by atoms with Crippen molar-refractivity contribution in [2.75, 3.05) is 6.54 Å². The minimum atomic E-state index is -2.52. The molecule has 1 aliphatic rings. The summed E-state index contributed by atoms with van der Waals surface area (Å²) in [5.74, 6) is -2.63. The fraction of sp³-hybridized carbons (Fsp3) is 0.647. The molecule has 0 spiro atoms. The van der Waals surface area contributed by atoms with Crippen LogP contribution in [-0.4, -0.2) is 12.5 Å². The summed E-state index contributed by atoms with van der Waals surface area (Å²) in [6.07, 6.45) is 1.83. The van der Waals surface area contributed by atoms with Gasteiger partial charge in [-0.25, -0.2) is 13.2 Å². The Morgan fingerprint density at radius 1 is 1.24 bits per heavy atom. The first-order chi connectivity index (χ1) is 9.91. The van der Waals surface area contributed by atoms with Crippen molar-refractivity contribution in [1.29, 1.82) is 0 Å². The molecule has 2 rings (SSSR count). The molecule has 0 heterocycles. The van der Waals surface area contributed by atoms with Gasteiger partial charge in [0.05, 0.1) is 0 Å². The van der Waals surface area contributed by atoms with E-state index in [9.17, 15) is 13.2 Å². The number of hydrogen-bond acceptors (Lipinski definition) is 1. The number of benzene rings is 1. The maximum atomic E-state index is 13.7. The van der Waals surface area contributed by atoms with Gasteiger partial charge >= 0.3 is 0 Å². The van der Waals surface area contributed by atoms with Crippen molar-refractivity contribution in [3.05, 3.63) is 35.1 Å². The summed E-state index contributed by atoms with van der Waals surface area (Å²) in [6.45, 7) is 4.74. The first-order valence-electron chi connectivity index (χ1n) is 7.79. The van der Waals surface area contributed by atoms with Gasteiger partial charge in [0.2, 0.25) is 5.92 Å². The molecule has 0 amide bonds. The Bertz CT molecular complexity index is 443. The lowest BCUT2D eigenvalue weighted by Gasteiger charge is -2.34. The molecule has 0 saturated heterocycles. The molecule has 1 fully saturated rings. The van der Waals surface area contributed by atoms with E-state index in [2.05, 4.69) is 12.2 Å². The highest BCUT2D eigenvalue weighted by atomic mass is 19.3. The van der Waals surface area contributed by atoms with Crippen LogP contribution in [0.1, 0.15) is 56.2 Å². The number of nitrogens with one attached hydrogen (secondary N) is 1. The van der Waals surface area contributed by atoms with Gasteiger partial charge in [0.15, 0.2) is 0 Å². The van der Waals surface area contributed by atoms with Gasteiger partial charge in [-0.1, -0.05) is 13.0 Å². The molecule has 1 N–H and O–H groups in total. The maximum Gasteiger partial charge on any atom is 0.248 e. The van der Waals surface area contributed by atoms with Gasteiger partial charge in [-0.15, -0.1) is 0 Å². The number of hydrogen-bond donors (Lipinski definition) is 1. The highest BCUT2D eigenvalue weighted by molar-refractivity contribution is 5.27. The molecular formula is C17H24F3N. The molecule has 0 radical (unpaired) electrons. The molecule has 21 heavy (non-hydrogen) atoms. The van der Waals surface area contributed by atoms with Crippen LogP contribution >= 0.6 is 0 Å². The second-order valence-corrected chi connectivity index (χ2v) is 6.19. The molecule has 0 aromatic heterocycles. The van der Waals surface area contributed by atoms with E-state index in [1.807, 2.05) is 13.0 Å². The van der Waals surface area contributed by atoms with E-state index < -0.39 is 5.92 Å². The van der Waals surface area contributed by atoms with Crippen LogP contribution in [0.3, 0.4) is 0 Å². The smallest absolute Gasteiger partial charge is 0.248 e. The van der Waals surface area contributed by atoms with Gasteiger partial charge in [-0.05, 0) is 61.9 Å². The molecule has 1 aromatic rings. The number of rotatable bonds is 5. The summed E-state index contributed by atoms with van der Waals surface area (Å²) < 4.78 is 40.3. The first kappa shape index (κ1) is 16.3. The van der Waals surface area contributed by atoms with Gasteiger partial charge < -0.3 is 5.32 Å². The SMILES string of the molecule is CCCNC(c1cc(C)cc(F)c1)C1CCC(F)(F)CC1. The molecular weight excluding hydrogens is 275 g/mol. The third-order valence-electron chi connectivity index (χ3n) is 4.27. The van der Waals surface area contributed by atoms with E-state index in [1.165, 1.54) is 12.1 Å². The summed E-state index contributed by atoms with van der Waals surface area (Å²) in [5.41, 5.74) is 1.76. The van der Waals surface area contributed by atoms with Crippen molar-refractivity contribution in [1.82, 2.24) is 5.32 Å². The number of alkyl halides is 2. The van der Waals surface area contributed by atoms with E-state index in [-0.39, 0.29) is 30.6 Å². The topological polar surface area (TPSA) is 12.0 Å². The van der Waals surface area contributed by atoms with Crippen LogP contribution in [-0.2, 0) is 0 Å². The standard InChI is InChI=1S/C17H24F3N/c1-3-8-21-16(13-4-6-17(19,20)7-5-13)14-9-12(2)10-15(18)11-14/h9-11,13,16,21H,3-8H2,1-2H3. The second kappa shape index (κ2) is 6.82. The van der Waals surface area contributed by atoms with E-state index in [4.69, 9.17) is 0 Å². The summed E-state index contributed by atoms with van der Waals surface area (Å²) >= 11 is 0. The normalized spacial score (nSPS) is 20.4. The molecule has 0 aliphatic heterocycles. The predicted molar refractivity (Wildman–Crippen MR) is 79.1 cm³/mol. The predicted octanol–water partition coefficient (Wildman–Crippen LogP) is 5.00. The number of aryl methyl sites for hydroxylation is 1. The minimum absolute atomic E-state index is 0.0320. The van der Waals surface area contributed by atoms with Crippen LogP contribution < -0.4 is 5.32 Å². The minimum Gasteiger partial charge on any atom is -0.310 e. The Balaban J connectivity index is 2.18. The van der Waals surface area contributed by atoms with E-state index in [0.29, 0.717) is 12.8 Å². The zero-order valence-corrected chi connectivity index (χ0v) is 12.8. The molecule has 1 aliphatic carbocycles. The summed E-state index contributed by atoms with van der Waals surface area (Å²) in [5, 5.41) is 3.43. The average Bonchev–Trinajstić information content (AvgIpc) is 2.39. The highest BCUT2D eigenvalue weighted by Crippen LogP contribution is 2.41. The lowest BCUT2D eigenvalue weighted by Crippen LogP contribution is -2.34. The van der Waals surface area contributed by atoms with Gasteiger partial charge in [-0.2, -0.15) is 0 Å². The number of halogens is 3. The fourth-order valence-electron chi connectivity index (χ4n) is 3.20. The van der Waals surface area contributed by atoms with E-state index in [0.717, 1.165) is 24.1 Å². The molecule has 1 atom stereocenters. The third kappa shape index (κ3) is 4.47. The Hall–Kier alpha value is -1.03. The molecule has 118 valence electrons. The van der Waals surface area contributed by atoms with Crippen molar-refractivity contribution in [2.45, 2.75) is 57.9 Å². The fourth-order valence-corrected chi connectivity index (χ4v) is 3.20. The lowest BCUT2D eigenvalue weighted by molar-refractivity contribution is -0.0497. The second-order valence-electron chi connectivity index (χ2n) is 6.19. The first-order valence-corrected chi connectivity index (χ1v) is 7.79. The van der Waals surface area contributed by atoms with Crippen LogP contribution in [0.4, 0.5) is 13.2 Å². The largest absolute Gasteiger partial charge is 0.310 e. The molecule has 1 unspecified atom stereocenters. The van der Waals surface area contributed by atoms with Crippen molar-refractivity contribution < 1.29 is 13.2 Å². The van der Waals surface area contributed by atoms with Crippen LogP contribution in [0.5, 0.6) is 0 Å². The van der Waals surface area contributed by atoms with Crippen molar-refractivity contribution in [3.8, 4) is 0 Å². The zero-order valence-electron chi connectivity index (χ0n) is 12.8. The monoisotopic (exact) mass is 299 g/mol. The Kier molecular flexibility index (Phi) is 5.31. The quantitative estimate of drug-likeness (QED) is 0.806. The summed E-state index contributed by atoms with van der Waals surface area (Å²) in [7, 11) is 0. The highest BCUT2D eigenvalue weighted by Gasteiger charge is 2.37. The molecule has 4 heteroatoms. The van der Waals surface area contributed by atoms with Gasteiger partial charge in [0, 0.05) is 18.9 Å². The van der Waals surface area contributed by atoms with Crippen LogP contribution in [0.25, 0.3) is 0 Å². The van der Waals surface area contributed by atoms with Crippen LogP contribution in [0, 0.1) is 18.7 Å². The molecule has 1 nitrogen and oxygen atoms in total. The summed E-state index contributed by atoms with van der Waals surface area (Å²) in [6, 6.07) is 4.96. The van der Waals surface area contributed by atoms with Crippen LogP contribution in [0.15, 0.2) is 18.2 Å². The molecule has 0 bridgehead atoms. The summed E-state index contributed by atoms with van der Waals surface area (Å²) in [4.78, 5) is 0. The van der Waals surface area contributed by atoms with Crippen molar-refractivity contribution in [3.63, 3.8) is 0 Å². The Morgan fingerprint density at radius 2 is 1.90 bits per heavy atom. The van der Waals surface area contributed by atoms with E-state index >= 15 is 0 Å². The molecule has 1 aromatic carbocycles. The molecule has 1 saturated carbocycles. The van der Waals surface area contributed by atoms with E-state index in [1.54, 1.807) is 0 Å². The third-order valence-corrected chi connectivity index (χ3v) is 4.27. The Labute approximate surface area is 124 Å². The maximum absolute atomic E-state index is 13.7. The zero-order chi connectivity index (χ0) is 15.5. The van der Waals surface area contributed by atoms with Crippen LogP contribution in [0.2, 0.25) is 0 Å². The van der Waals surface area contributed by atoms with Crippen molar-refractivity contribution in [2.24, 2.45) is 5.92 Å². The Morgan fingerprint density at radius 3 is 2.48 bits per heavy atom. The average molecular weight is 299 g/mol. The van der Waals surface area contributed by atoms with Crippen molar-refractivity contribution >= 4 is 0 Å². The van der Waals surface area contributed by atoms with Gasteiger partial charge in [0.25, 0.3) is 0 Å². The lowest BCUT2D eigenvalue weighted by atomic mass is 9.79. The van der Waals surface area contributed by atoms with Gasteiger partial charge in [-0.3, -0.25) is 0 Å².